The first-order valence-electron chi connectivity index (χ1n) is 8.07. The van der Waals surface area contributed by atoms with Crippen LogP contribution in [0.15, 0.2) is 36.4 Å². The molecule has 0 bridgehead atoms. The van der Waals surface area contributed by atoms with Gasteiger partial charge in [0.1, 0.15) is 11.8 Å². The molecule has 0 radical (unpaired) electrons. The van der Waals surface area contributed by atoms with Gasteiger partial charge in [0.2, 0.25) is 0 Å². The van der Waals surface area contributed by atoms with Gasteiger partial charge in [0.15, 0.2) is 0 Å². The summed E-state index contributed by atoms with van der Waals surface area (Å²) in [6.45, 7) is 7.18. The summed E-state index contributed by atoms with van der Waals surface area (Å²) in [5.74, 6) is -1.10. The quantitative estimate of drug-likeness (QED) is 0.490. The minimum absolute atomic E-state index is 0.315. The van der Waals surface area contributed by atoms with Gasteiger partial charge in [-0.25, -0.2) is 4.79 Å². The average Bonchev–Trinajstić information content (AvgIpc) is 2.82. The molecule has 0 aliphatic carbocycles. The van der Waals surface area contributed by atoms with Crippen LogP contribution in [0.2, 0.25) is 0 Å². The number of fused-ring (bicyclic) bond motifs is 1. The molecule has 5 nitrogen and oxygen atoms in total. The summed E-state index contributed by atoms with van der Waals surface area (Å²) in [5.41, 5.74) is 3.37. The van der Waals surface area contributed by atoms with Crippen LogP contribution in [-0.2, 0) is 4.79 Å². The summed E-state index contributed by atoms with van der Waals surface area (Å²) in [6, 6.07) is 9.38. The smallest absolute Gasteiger partial charge is 0.334 e. The number of rotatable bonds is 3. The number of imide groups is 1. The Morgan fingerprint density at radius 1 is 0.960 bits per heavy atom. The number of amides is 2. The first kappa shape index (κ1) is 16.9. The number of carbonyl (C=O) groups is 3. The van der Waals surface area contributed by atoms with Gasteiger partial charge in [0.25, 0.3) is 11.8 Å². The average molecular weight is 337 g/mol. The monoisotopic (exact) mass is 337 g/mol. The van der Waals surface area contributed by atoms with Crippen LogP contribution in [0.25, 0.3) is 0 Å². The highest BCUT2D eigenvalue weighted by Gasteiger charge is 2.41. The predicted octanol–water partition coefficient (Wildman–Crippen LogP) is 3.20. The van der Waals surface area contributed by atoms with Gasteiger partial charge in [0, 0.05) is 0 Å². The number of esters is 1. The fraction of sp³-hybridized carbons (Fsp3) is 0.250. The van der Waals surface area contributed by atoms with Crippen molar-refractivity contribution in [2.24, 2.45) is 0 Å². The third kappa shape index (κ3) is 2.82. The normalized spacial score (nSPS) is 14.5. The van der Waals surface area contributed by atoms with Crippen molar-refractivity contribution in [2.75, 3.05) is 0 Å². The highest BCUT2D eigenvalue weighted by Crippen LogP contribution is 2.28. The summed E-state index contributed by atoms with van der Waals surface area (Å²) >= 11 is 0. The summed E-state index contributed by atoms with van der Waals surface area (Å²) in [4.78, 5) is 38.5. The number of ether oxygens (including phenoxy) is 1. The lowest BCUT2D eigenvalue weighted by Crippen LogP contribution is -2.44. The third-order valence-electron chi connectivity index (χ3n) is 4.36. The van der Waals surface area contributed by atoms with Crippen LogP contribution in [-0.4, -0.2) is 28.7 Å². The van der Waals surface area contributed by atoms with E-state index >= 15 is 0 Å². The lowest BCUT2D eigenvalue weighted by Gasteiger charge is -2.22. The molecule has 5 heteroatoms. The van der Waals surface area contributed by atoms with E-state index in [1.54, 1.807) is 24.3 Å². The van der Waals surface area contributed by atoms with Crippen LogP contribution in [0, 0.1) is 20.8 Å². The molecular weight excluding hydrogens is 318 g/mol. The van der Waals surface area contributed by atoms with E-state index in [4.69, 9.17) is 4.74 Å². The molecular formula is C20H19NO4. The highest BCUT2D eigenvalue weighted by molar-refractivity contribution is 6.22. The predicted molar refractivity (Wildman–Crippen MR) is 92.7 cm³/mol. The number of aryl methyl sites for hydroxylation is 3. The molecule has 1 aliphatic heterocycles. The van der Waals surface area contributed by atoms with Crippen molar-refractivity contribution in [1.29, 1.82) is 0 Å². The Balaban J connectivity index is 1.85. The molecule has 0 spiro atoms. The second-order valence-electron chi connectivity index (χ2n) is 6.35. The lowest BCUT2D eigenvalue weighted by atomic mass is 10.1. The standard InChI is InChI=1S/C20H19NO4/c1-11-9-12(2)17(13(3)10-11)25-20(24)14(4)21-18(22)15-7-5-6-8-16(15)19(21)23/h5-10,14H,1-4H3. The molecule has 1 atom stereocenters. The van der Waals surface area contributed by atoms with E-state index in [1.807, 2.05) is 32.9 Å². The lowest BCUT2D eigenvalue weighted by molar-refractivity contribution is -0.138. The molecule has 1 heterocycles. The Kier molecular flexibility index (Phi) is 4.17. The van der Waals surface area contributed by atoms with E-state index in [9.17, 15) is 14.4 Å². The minimum Gasteiger partial charge on any atom is -0.424 e. The minimum atomic E-state index is -1.01. The van der Waals surface area contributed by atoms with Gasteiger partial charge in [-0.3, -0.25) is 14.5 Å². The molecule has 0 aromatic heterocycles. The van der Waals surface area contributed by atoms with Crippen molar-refractivity contribution in [3.05, 3.63) is 64.2 Å². The molecule has 2 aromatic carbocycles. The molecule has 0 saturated carbocycles. The van der Waals surface area contributed by atoms with Crippen molar-refractivity contribution < 1.29 is 19.1 Å². The van der Waals surface area contributed by atoms with Crippen LogP contribution in [0.4, 0.5) is 0 Å². The molecule has 128 valence electrons. The SMILES string of the molecule is Cc1cc(C)c(OC(=O)C(C)N2C(=O)c3ccccc3C2=O)c(C)c1. The molecule has 25 heavy (non-hydrogen) atoms. The van der Waals surface area contributed by atoms with E-state index < -0.39 is 23.8 Å². The molecule has 2 amide bonds. The van der Waals surface area contributed by atoms with Crippen molar-refractivity contribution in [1.82, 2.24) is 4.90 Å². The van der Waals surface area contributed by atoms with Crippen molar-refractivity contribution in [3.63, 3.8) is 0 Å². The number of hydrogen-bond donors (Lipinski definition) is 0. The Bertz CT molecular complexity index is 842. The molecule has 0 fully saturated rings. The van der Waals surface area contributed by atoms with Gasteiger partial charge in [-0.2, -0.15) is 0 Å². The largest absolute Gasteiger partial charge is 0.424 e. The second-order valence-corrected chi connectivity index (χ2v) is 6.35. The maximum atomic E-state index is 12.6. The summed E-state index contributed by atoms with van der Waals surface area (Å²) < 4.78 is 5.52. The van der Waals surface area contributed by atoms with E-state index in [0.717, 1.165) is 21.6 Å². The number of nitrogens with zero attached hydrogens (tertiary/aromatic N) is 1. The fourth-order valence-electron chi connectivity index (χ4n) is 3.18. The Hall–Kier alpha value is -2.95. The van der Waals surface area contributed by atoms with E-state index in [2.05, 4.69) is 0 Å². The summed E-state index contributed by atoms with van der Waals surface area (Å²) in [6.07, 6.45) is 0. The maximum Gasteiger partial charge on any atom is 0.334 e. The zero-order chi connectivity index (χ0) is 18.3. The van der Waals surface area contributed by atoms with E-state index in [-0.39, 0.29) is 0 Å². The highest BCUT2D eigenvalue weighted by atomic mass is 16.5. The fourth-order valence-corrected chi connectivity index (χ4v) is 3.18. The van der Waals surface area contributed by atoms with E-state index in [1.165, 1.54) is 6.92 Å². The topological polar surface area (TPSA) is 63.7 Å². The summed E-state index contributed by atoms with van der Waals surface area (Å²) in [5, 5.41) is 0. The van der Waals surface area contributed by atoms with Crippen LogP contribution in [0.3, 0.4) is 0 Å². The number of carbonyl (C=O) groups excluding carboxylic acids is 3. The van der Waals surface area contributed by atoms with Gasteiger partial charge in [-0.1, -0.05) is 29.8 Å². The van der Waals surface area contributed by atoms with Gasteiger partial charge in [-0.05, 0) is 51.0 Å². The first-order valence-corrected chi connectivity index (χ1v) is 8.07. The molecule has 1 unspecified atom stereocenters. The molecule has 3 rings (SSSR count). The van der Waals surface area contributed by atoms with E-state index in [0.29, 0.717) is 16.9 Å². The van der Waals surface area contributed by atoms with Crippen molar-refractivity contribution >= 4 is 17.8 Å². The van der Waals surface area contributed by atoms with Crippen LogP contribution in [0.1, 0.15) is 44.3 Å². The molecule has 1 aliphatic rings. The Morgan fingerprint density at radius 3 is 1.92 bits per heavy atom. The van der Waals surface area contributed by atoms with Crippen LogP contribution >= 0.6 is 0 Å². The zero-order valence-corrected chi connectivity index (χ0v) is 14.6. The number of benzene rings is 2. The van der Waals surface area contributed by atoms with Gasteiger partial charge < -0.3 is 4.74 Å². The molecule has 2 aromatic rings. The second kappa shape index (κ2) is 6.16. The Morgan fingerprint density at radius 2 is 1.44 bits per heavy atom. The van der Waals surface area contributed by atoms with Crippen LogP contribution in [0.5, 0.6) is 5.75 Å². The van der Waals surface area contributed by atoms with Crippen molar-refractivity contribution in [2.45, 2.75) is 33.7 Å². The summed E-state index contributed by atoms with van der Waals surface area (Å²) in [7, 11) is 0. The van der Waals surface area contributed by atoms with Crippen molar-refractivity contribution in [3.8, 4) is 5.75 Å². The Labute approximate surface area is 146 Å². The zero-order valence-electron chi connectivity index (χ0n) is 14.6. The van der Waals surface area contributed by atoms with Gasteiger partial charge >= 0.3 is 5.97 Å². The third-order valence-corrected chi connectivity index (χ3v) is 4.36. The van der Waals surface area contributed by atoms with Gasteiger partial charge in [-0.15, -0.1) is 0 Å². The first-order chi connectivity index (χ1) is 11.8. The molecule has 0 N–H and O–H groups in total. The maximum absolute atomic E-state index is 12.6. The molecule has 0 saturated heterocycles. The van der Waals surface area contributed by atoms with Crippen LogP contribution < -0.4 is 4.74 Å². The van der Waals surface area contributed by atoms with Gasteiger partial charge in [0.05, 0.1) is 11.1 Å². The number of hydrogen-bond acceptors (Lipinski definition) is 4.